The second-order valence-corrected chi connectivity index (χ2v) is 9.69. The van der Waals surface area contributed by atoms with Crippen molar-refractivity contribution < 1.29 is 0 Å². The molecule has 2 saturated carbocycles. The van der Waals surface area contributed by atoms with Gasteiger partial charge in [0.15, 0.2) is 0 Å². The van der Waals surface area contributed by atoms with E-state index in [-0.39, 0.29) is 0 Å². The van der Waals surface area contributed by atoms with Gasteiger partial charge in [-0.25, -0.2) is 0 Å². The Hall–Kier alpha value is -0.0800. The highest BCUT2D eigenvalue weighted by atomic mass is 15.2. The summed E-state index contributed by atoms with van der Waals surface area (Å²) in [6.45, 7) is 13.8. The lowest BCUT2D eigenvalue weighted by molar-refractivity contribution is 0.0114. The van der Waals surface area contributed by atoms with Gasteiger partial charge in [0.05, 0.1) is 0 Å². The zero-order chi connectivity index (χ0) is 15.1. The maximum atomic E-state index is 3.52. The standard InChI is InChI=1S/C19H36N2/c1-18(2)11-17(12-19(3,4)14-18)21(16-5-6-16)13-15-7-9-20-10-8-15/h15-17,20H,5-14H2,1-4H3. The molecule has 1 N–H and O–H groups in total. The number of nitrogens with zero attached hydrogens (tertiary/aromatic N) is 1. The van der Waals surface area contributed by atoms with Gasteiger partial charge in [-0.2, -0.15) is 0 Å². The Labute approximate surface area is 132 Å². The summed E-state index contributed by atoms with van der Waals surface area (Å²) in [4.78, 5) is 2.96. The van der Waals surface area contributed by atoms with Crippen LogP contribution in [0.2, 0.25) is 0 Å². The fourth-order valence-corrected chi connectivity index (χ4v) is 5.39. The van der Waals surface area contributed by atoms with E-state index in [1.165, 1.54) is 64.6 Å². The van der Waals surface area contributed by atoms with E-state index in [4.69, 9.17) is 0 Å². The van der Waals surface area contributed by atoms with Crippen LogP contribution in [0.4, 0.5) is 0 Å². The molecule has 2 heteroatoms. The van der Waals surface area contributed by atoms with Crippen LogP contribution in [-0.4, -0.2) is 36.6 Å². The van der Waals surface area contributed by atoms with Crippen molar-refractivity contribution in [2.75, 3.05) is 19.6 Å². The highest BCUT2D eigenvalue weighted by Crippen LogP contribution is 2.49. The summed E-state index contributed by atoms with van der Waals surface area (Å²) in [5.74, 6) is 0.944. The molecular formula is C19H36N2. The summed E-state index contributed by atoms with van der Waals surface area (Å²) in [7, 11) is 0. The Morgan fingerprint density at radius 3 is 1.95 bits per heavy atom. The molecule has 2 aliphatic carbocycles. The third kappa shape index (κ3) is 4.22. The Bertz CT molecular complexity index is 335. The highest BCUT2D eigenvalue weighted by molar-refractivity contribution is 4.98. The van der Waals surface area contributed by atoms with E-state index >= 15 is 0 Å². The normalized spacial score (nSPS) is 30.7. The number of nitrogens with one attached hydrogen (secondary N) is 1. The maximum Gasteiger partial charge on any atom is 0.0108 e. The van der Waals surface area contributed by atoms with E-state index in [1.807, 2.05) is 0 Å². The number of rotatable bonds is 4. The van der Waals surface area contributed by atoms with Gasteiger partial charge >= 0.3 is 0 Å². The second-order valence-electron chi connectivity index (χ2n) is 9.69. The van der Waals surface area contributed by atoms with Gasteiger partial charge in [0.25, 0.3) is 0 Å². The molecule has 2 nitrogen and oxygen atoms in total. The molecule has 0 aromatic heterocycles. The fourth-order valence-electron chi connectivity index (χ4n) is 5.39. The van der Waals surface area contributed by atoms with Gasteiger partial charge < -0.3 is 5.32 Å². The molecule has 3 rings (SSSR count). The van der Waals surface area contributed by atoms with E-state index in [0.717, 1.165) is 18.0 Å². The Morgan fingerprint density at radius 1 is 0.857 bits per heavy atom. The van der Waals surface area contributed by atoms with Crippen molar-refractivity contribution in [2.24, 2.45) is 16.7 Å². The fraction of sp³-hybridized carbons (Fsp3) is 1.00. The van der Waals surface area contributed by atoms with Crippen molar-refractivity contribution >= 4 is 0 Å². The van der Waals surface area contributed by atoms with Crippen LogP contribution in [0, 0.1) is 16.7 Å². The summed E-state index contributed by atoms with van der Waals surface area (Å²) < 4.78 is 0. The Kier molecular flexibility index (Phi) is 4.40. The first-order chi connectivity index (χ1) is 9.85. The molecule has 21 heavy (non-hydrogen) atoms. The van der Waals surface area contributed by atoms with Gasteiger partial charge in [-0.1, -0.05) is 27.7 Å². The predicted molar refractivity (Wildman–Crippen MR) is 90.5 cm³/mol. The predicted octanol–water partition coefficient (Wildman–Crippen LogP) is 4.06. The van der Waals surface area contributed by atoms with Crippen molar-refractivity contribution in [3.05, 3.63) is 0 Å². The summed E-state index contributed by atoms with van der Waals surface area (Å²) in [6.07, 6.45) is 9.92. The summed E-state index contributed by atoms with van der Waals surface area (Å²) in [5, 5.41) is 3.52. The average molecular weight is 293 g/mol. The highest BCUT2D eigenvalue weighted by Gasteiger charge is 2.44. The van der Waals surface area contributed by atoms with Crippen LogP contribution in [0.25, 0.3) is 0 Å². The van der Waals surface area contributed by atoms with Crippen molar-refractivity contribution in [1.29, 1.82) is 0 Å². The van der Waals surface area contributed by atoms with Gasteiger partial charge in [0, 0.05) is 18.6 Å². The third-order valence-electron chi connectivity index (χ3n) is 5.95. The van der Waals surface area contributed by atoms with Gasteiger partial charge in [-0.05, 0) is 74.8 Å². The van der Waals surface area contributed by atoms with E-state index in [9.17, 15) is 0 Å². The largest absolute Gasteiger partial charge is 0.317 e. The molecule has 0 aromatic rings. The molecule has 1 saturated heterocycles. The van der Waals surface area contributed by atoms with Crippen LogP contribution < -0.4 is 5.32 Å². The molecule has 0 atom stereocenters. The van der Waals surface area contributed by atoms with E-state index in [2.05, 4.69) is 37.9 Å². The molecule has 1 aliphatic heterocycles. The first kappa shape index (κ1) is 15.8. The van der Waals surface area contributed by atoms with E-state index in [1.54, 1.807) is 0 Å². The molecule has 0 unspecified atom stereocenters. The lowest BCUT2D eigenvalue weighted by Crippen LogP contribution is -2.49. The van der Waals surface area contributed by atoms with Crippen LogP contribution >= 0.6 is 0 Å². The van der Waals surface area contributed by atoms with Crippen molar-refractivity contribution in [2.45, 2.75) is 84.7 Å². The van der Waals surface area contributed by atoms with Gasteiger partial charge in [-0.3, -0.25) is 4.90 Å². The molecule has 0 bridgehead atoms. The molecule has 0 amide bonds. The zero-order valence-corrected chi connectivity index (χ0v) is 14.8. The lowest BCUT2D eigenvalue weighted by atomic mass is 9.63. The average Bonchev–Trinajstić information content (AvgIpc) is 3.17. The maximum absolute atomic E-state index is 3.52. The minimum absolute atomic E-state index is 0.522. The Balaban J connectivity index is 1.67. The molecule has 0 radical (unpaired) electrons. The van der Waals surface area contributed by atoms with E-state index in [0.29, 0.717) is 10.8 Å². The van der Waals surface area contributed by atoms with Crippen LogP contribution in [0.15, 0.2) is 0 Å². The summed E-state index contributed by atoms with van der Waals surface area (Å²) in [6, 6.07) is 1.76. The van der Waals surface area contributed by atoms with Crippen molar-refractivity contribution in [3.8, 4) is 0 Å². The zero-order valence-electron chi connectivity index (χ0n) is 14.8. The molecule has 0 spiro atoms. The van der Waals surface area contributed by atoms with Gasteiger partial charge in [0.1, 0.15) is 0 Å². The van der Waals surface area contributed by atoms with Crippen LogP contribution in [0.1, 0.15) is 72.6 Å². The number of hydrogen-bond acceptors (Lipinski definition) is 2. The summed E-state index contributed by atoms with van der Waals surface area (Å²) in [5.41, 5.74) is 1.04. The Morgan fingerprint density at radius 2 is 1.43 bits per heavy atom. The molecule has 1 heterocycles. The van der Waals surface area contributed by atoms with Gasteiger partial charge in [-0.15, -0.1) is 0 Å². The number of hydrogen-bond donors (Lipinski definition) is 1. The van der Waals surface area contributed by atoms with Crippen molar-refractivity contribution in [1.82, 2.24) is 10.2 Å². The minimum atomic E-state index is 0.522. The molecule has 0 aromatic carbocycles. The minimum Gasteiger partial charge on any atom is -0.317 e. The molecule has 3 fully saturated rings. The topological polar surface area (TPSA) is 15.3 Å². The van der Waals surface area contributed by atoms with Gasteiger partial charge in [0.2, 0.25) is 0 Å². The smallest absolute Gasteiger partial charge is 0.0108 e. The quantitative estimate of drug-likeness (QED) is 0.841. The van der Waals surface area contributed by atoms with Crippen LogP contribution in [0.5, 0.6) is 0 Å². The van der Waals surface area contributed by atoms with Crippen LogP contribution in [-0.2, 0) is 0 Å². The second kappa shape index (κ2) is 5.85. The van der Waals surface area contributed by atoms with Crippen LogP contribution in [0.3, 0.4) is 0 Å². The molecule has 3 aliphatic rings. The van der Waals surface area contributed by atoms with E-state index < -0.39 is 0 Å². The molecule has 122 valence electrons. The lowest BCUT2D eigenvalue weighted by Gasteiger charge is -2.49. The first-order valence-corrected chi connectivity index (χ1v) is 9.31. The summed E-state index contributed by atoms with van der Waals surface area (Å²) >= 11 is 0. The SMILES string of the molecule is CC1(C)CC(N(CC2CCNCC2)C2CC2)CC(C)(C)C1. The number of piperidine rings is 1. The monoisotopic (exact) mass is 292 g/mol. The molecular weight excluding hydrogens is 256 g/mol. The first-order valence-electron chi connectivity index (χ1n) is 9.31. The van der Waals surface area contributed by atoms with Crippen molar-refractivity contribution in [3.63, 3.8) is 0 Å². The third-order valence-corrected chi connectivity index (χ3v) is 5.95.